The van der Waals surface area contributed by atoms with Gasteiger partial charge in [0, 0.05) is 22.4 Å². The third kappa shape index (κ3) is 6.97. The molecule has 0 saturated carbocycles. The molecule has 0 amide bonds. The monoisotopic (exact) mass is 265 g/mol. The maximum absolute atomic E-state index is 10.1. The van der Waals surface area contributed by atoms with Crippen LogP contribution in [0.2, 0.25) is 0 Å². The molecule has 1 rings (SSSR count). The standard InChI is InChI=1S/C8H14.C6H5NO2S/c1-5-7-8(3,4)6-2;8-7(9)5-1-3-6(10)4-2-5/h2H,5,7H2,1,3-4H3;1-4,10H. The van der Waals surface area contributed by atoms with Crippen LogP contribution in [-0.4, -0.2) is 4.92 Å². The van der Waals surface area contributed by atoms with Crippen LogP contribution in [0.4, 0.5) is 5.69 Å². The molecule has 0 N–H and O–H groups in total. The minimum atomic E-state index is -0.437. The van der Waals surface area contributed by atoms with Crippen LogP contribution < -0.4 is 0 Å². The van der Waals surface area contributed by atoms with Crippen molar-refractivity contribution >= 4 is 18.3 Å². The van der Waals surface area contributed by atoms with Crippen molar-refractivity contribution in [2.45, 2.75) is 38.5 Å². The summed E-state index contributed by atoms with van der Waals surface area (Å²) < 4.78 is 0. The second-order valence-electron chi connectivity index (χ2n) is 4.55. The van der Waals surface area contributed by atoms with E-state index in [0.29, 0.717) is 0 Å². The van der Waals surface area contributed by atoms with Gasteiger partial charge in [-0.05, 0) is 32.4 Å². The normalized spacial score (nSPS) is 9.94. The summed E-state index contributed by atoms with van der Waals surface area (Å²) in [6, 6.07) is 6.01. The van der Waals surface area contributed by atoms with Crippen molar-refractivity contribution in [3.05, 3.63) is 34.4 Å². The Labute approximate surface area is 114 Å². The summed E-state index contributed by atoms with van der Waals surface area (Å²) in [6.45, 7) is 6.34. The second-order valence-corrected chi connectivity index (χ2v) is 5.07. The number of nitro groups is 1. The van der Waals surface area contributed by atoms with Gasteiger partial charge in [0.15, 0.2) is 0 Å². The maximum atomic E-state index is 10.1. The molecule has 0 heterocycles. The number of benzene rings is 1. The van der Waals surface area contributed by atoms with Gasteiger partial charge in [-0.1, -0.05) is 13.3 Å². The van der Waals surface area contributed by atoms with E-state index in [4.69, 9.17) is 6.42 Å². The van der Waals surface area contributed by atoms with E-state index in [1.165, 1.54) is 18.6 Å². The minimum absolute atomic E-state index is 0.0952. The molecule has 98 valence electrons. The van der Waals surface area contributed by atoms with Crippen LogP contribution in [0.25, 0.3) is 0 Å². The summed E-state index contributed by atoms with van der Waals surface area (Å²) in [6.07, 6.45) is 7.55. The summed E-state index contributed by atoms with van der Waals surface area (Å²) in [5.41, 5.74) is 0.215. The highest BCUT2D eigenvalue weighted by atomic mass is 32.1. The SMILES string of the molecule is C#CC(C)(C)CCC.O=[N+]([O-])c1ccc(S)cc1. The van der Waals surface area contributed by atoms with E-state index in [9.17, 15) is 10.1 Å². The van der Waals surface area contributed by atoms with Gasteiger partial charge in [-0.15, -0.1) is 25.0 Å². The highest BCUT2D eigenvalue weighted by Crippen LogP contribution is 2.19. The van der Waals surface area contributed by atoms with E-state index in [-0.39, 0.29) is 11.1 Å². The van der Waals surface area contributed by atoms with E-state index in [2.05, 4.69) is 39.3 Å². The minimum Gasteiger partial charge on any atom is -0.258 e. The van der Waals surface area contributed by atoms with Gasteiger partial charge >= 0.3 is 0 Å². The molecular formula is C14H19NO2S. The zero-order valence-electron chi connectivity index (χ0n) is 11.0. The average Bonchev–Trinajstić information content (AvgIpc) is 2.30. The number of thiol groups is 1. The van der Waals surface area contributed by atoms with Gasteiger partial charge in [-0.3, -0.25) is 10.1 Å². The van der Waals surface area contributed by atoms with Crippen molar-refractivity contribution < 1.29 is 4.92 Å². The lowest BCUT2D eigenvalue weighted by atomic mass is 9.90. The van der Waals surface area contributed by atoms with Crippen LogP contribution in [-0.2, 0) is 0 Å². The molecule has 0 spiro atoms. The third-order valence-electron chi connectivity index (χ3n) is 2.33. The van der Waals surface area contributed by atoms with Gasteiger partial charge in [0.05, 0.1) is 4.92 Å². The fourth-order valence-electron chi connectivity index (χ4n) is 1.27. The number of rotatable bonds is 3. The van der Waals surface area contributed by atoms with Gasteiger partial charge in [-0.25, -0.2) is 0 Å². The summed E-state index contributed by atoms with van der Waals surface area (Å²) in [7, 11) is 0. The average molecular weight is 265 g/mol. The Morgan fingerprint density at radius 1 is 1.39 bits per heavy atom. The summed E-state index contributed by atoms with van der Waals surface area (Å²) >= 11 is 3.98. The Morgan fingerprint density at radius 3 is 2.17 bits per heavy atom. The van der Waals surface area contributed by atoms with Crippen molar-refractivity contribution in [3.8, 4) is 12.3 Å². The van der Waals surface area contributed by atoms with Crippen molar-refractivity contribution in [3.63, 3.8) is 0 Å². The van der Waals surface area contributed by atoms with Crippen LogP contribution in [0.1, 0.15) is 33.6 Å². The number of nitrogens with zero attached hydrogens (tertiary/aromatic N) is 1. The summed E-state index contributed by atoms with van der Waals surface area (Å²) in [5.74, 6) is 2.74. The molecule has 0 fully saturated rings. The Morgan fingerprint density at radius 2 is 1.89 bits per heavy atom. The van der Waals surface area contributed by atoms with Crippen molar-refractivity contribution in [1.29, 1.82) is 0 Å². The van der Waals surface area contributed by atoms with E-state index >= 15 is 0 Å². The molecule has 1 aromatic rings. The molecule has 18 heavy (non-hydrogen) atoms. The molecule has 3 nitrogen and oxygen atoms in total. The highest BCUT2D eigenvalue weighted by Gasteiger charge is 2.10. The molecule has 0 aliphatic carbocycles. The topological polar surface area (TPSA) is 43.1 Å². The largest absolute Gasteiger partial charge is 0.269 e. The summed E-state index contributed by atoms with van der Waals surface area (Å²) in [4.78, 5) is 10.4. The fraction of sp³-hybridized carbons (Fsp3) is 0.429. The highest BCUT2D eigenvalue weighted by molar-refractivity contribution is 7.80. The molecule has 0 aromatic heterocycles. The van der Waals surface area contributed by atoms with Crippen LogP contribution >= 0.6 is 12.6 Å². The first-order chi connectivity index (χ1) is 8.32. The predicted octanol–water partition coefficient (Wildman–Crippen LogP) is 4.33. The zero-order valence-corrected chi connectivity index (χ0v) is 11.9. The molecule has 4 heteroatoms. The van der Waals surface area contributed by atoms with Crippen molar-refractivity contribution in [1.82, 2.24) is 0 Å². The molecule has 0 radical (unpaired) electrons. The fourth-order valence-corrected chi connectivity index (χ4v) is 1.42. The maximum Gasteiger partial charge on any atom is 0.269 e. The Balaban J connectivity index is 0.000000331. The molecule has 0 bridgehead atoms. The molecule has 0 aliphatic rings. The van der Waals surface area contributed by atoms with Crippen molar-refractivity contribution in [2.75, 3.05) is 0 Å². The lowest BCUT2D eigenvalue weighted by molar-refractivity contribution is -0.384. The Bertz CT molecular complexity index is 418. The number of hydrogen-bond donors (Lipinski definition) is 1. The van der Waals surface area contributed by atoms with Gasteiger partial charge in [0.2, 0.25) is 0 Å². The number of hydrogen-bond acceptors (Lipinski definition) is 3. The number of terminal acetylenes is 1. The van der Waals surface area contributed by atoms with E-state index in [0.717, 1.165) is 11.3 Å². The first-order valence-electron chi connectivity index (χ1n) is 5.73. The molecule has 0 saturated heterocycles. The lowest BCUT2D eigenvalue weighted by Crippen LogP contribution is -2.05. The third-order valence-corrected chi connectivity index (χ3v) is 2.62. The predicted molar refractivity (Wildman–Crippen MR) is 77.9 cm³/mol. The van der Waals surface area contributed by atoms with Gasteiger partial charge < -0.3 is 0 Å². The van der Waals surface area contributed by atoms with Crippen molar-refractivity contribution in [2.24, 2.45) is 5.41 Å². The second kappa shape index (κ2) is 7.78. The van der Waals surface area contributed by atoms with Crippen LogP contribution in [0, 0.1) is 27.9 Å². The Hall–Kier alpha value is -1.47. The molecular weight excluding hydrogens is 246 g/mol. The van der Waals surface area contributed by atoms with E-state index < -0.39 is 4.92 Å². The number of nitro benzene ring substituents is 1. The van der Waals surface area contributed by atoms with Crippen LogP contribution in [0.5, 0.6) is 0 Å². The van der Waals surface area contributed by atoms with Crippen LogP contribution in [0.3, 0.4) is 0 Å². The van der Waals surface area contributed by atoms with E-state index in [1.807, 2.05) is 0 Å². The summed E-state index contributed by atoms with van der Waals surface area (Å²) in [5, 5.41) is 10.1. The van der Waals surface area contributed by atoms with Crippen LogP contribution in [0.15, 0.2) is 29.2 Å². The molecule has 1 aromatic carbocycles. The zero-order chi connectivity index (χ0) is 14.2. The van der Waals surface area contributed by atoms with Gasteiger partial charge in [0.1, 0.15) is 0 Å². The Kier molecular flexibility index (Phi) is 7.14. The lowest BCUT2D eigenvalue weighted by Gasteiger charge is -2.14. The molecule has 0 unspecified atom stereocenters. The molecule has 0 atom stereocenters. The van der Waals surface area contributed by atoms with Gasteiger partial charge in [-0.2, -0.15) is 0 Å². The van der Waals surface area contributed by atoms with E-state index in [1.54, 1.807) is 12.1 Å². The smallest absolute Gasteiger partial charge is 0.258 e. The van der Waals surface area contributed by atoms with Gasteiger partial charge in [0.25, 0.3) is 5.69 Å². The first kappa shape index (κ1) is 16.5. The molecule has 0 aliphatic heterocycles. The number of non-ortho nitro benzene ring substituents is 1. The quantitative estimate of drug-likeness (QED) is 0.382. The first-order valence-corrected chi connectivity index (χ1v) is 6.18.